The van der Waals surface area contributed by atoms with Gasteiger partial charge in [0.1, 0.15) is 6.79 Å². The second-order valence-corrected chi connectivity index (χ2v) is 4.81. The van der Waals surface area contributed by atoms with E-state index in [1.165, 1.54) is 11.8 Å². The molecule has 1 rings (SSSR count). The van der Waals surface area contributed by atoms with Crippen molar-refractivity contribution < 1.29 is 9.47 Å². The van der Waals surface area contributed by atoms with Gasteiger partial charge in [0.05, 0.1) is 6.10 Å². The fraction of sp³-hybridized carbons (Fsp3) is 0.692. The number of nitrogens with one attached hydrogen (secondary N) is 1. The molecular weight excluding hydrogens is 264 g/mol. The Morgan fingerprint density at radius 3 is 2.74 bits per heavy atom. The number of aryl methyl sites for hydroxylation is 1. The predicted molar refractivity (Wildman–Crippen MR) is 78.7 cm³/mol. The van der Waals surface area contributed by atoms with Gasteiger partial charge in [0.25, 0.3) is 5.56 Å². The van der Waals surface area contributed by atoms with Crippen molar-refractivity contribution in [1.29, 1.82) is 0 Å². The van der Waals surface area contributed by atoms with Crippen LogP contribution in [-0.2, 0) is 9.47 Å². The molecule has 0 bridgehead atoms. The molecular formula is C13H24N2O3S. The van der Waals surface area contributed by atoms with Gasteiger partial charge >= 0.3 is 0 Å². The molecule has 5 nitrogen and oxygen atoms in total. The molecule has 1 heterocycles. The van der Waals surface area contributed by atoms with E-state index in [0.717, 1.165) is 12.2 Å². The highest BCUT2D eigenvalue weighted by Crippen LogP contribution is 2.13. The monoisotopic (exact) mass is 288 g/mol. The number of nitrogens with zero attached hydrogens (tertiary/aromatic N) is 1. The average molecular weight is 288 g/mol. The molecule has 0 spiro atoms. The van der Waals surface area contributed by atoms with Crippen LogP contribution in [0.4, 0.5) is 0 Å². The van der Waals surface area contributed by atoms with Crippen molar-refractivity contribution in [3.63, 3.8) is 0 Å². The number of hydrogen-bond acceptors (Lipinski definition) is 5. The maximum Gasteiger partial charge on any atom is 0.254 e. The fourth-order valence-electron chi connectivity index (χ4n) is 1.10. The summed E-state index contributed by atoms with van der Waals surface area (Å²) < 4.78 is 10.2. The molecule has 0 radical (unpaired) electrons. The summed E-state index contributed by atoms with van der Waals surface area (Å²) in [6.45, 7) is 8.04. The minimum absolute atomic E-state index is 0.0776. The quantitative estimate of drug-likeness (QED) is 0.474. The second-order valence-electron chi connectivity index (χ2n) is 3.72. The van der Waals surface area contributed by atoms with Crippen molar-refractivity contribution in [1.82, 2.24) is 9.97 Å². The Balaban J connectivity index is 0.00000154. The molecule has 1 aromatic heterocycles. The number of rotatable bonds is 7. The van der Waals surface area contributed by atoms with Crippen molar-refractivity contribution in [2.75, 3.05) is 19.7 Å². The van der Waals surface area contributed by atoms with Gasteiger partial charge in [0.2, 0.25) is 0 Å². The number of H-pyrrole nitrogens is 1. The molecule has 0 saturated carbocycles. The van der Waals surface area contributed by atoms with E-state index in [1.807, 2.05) is 20.8 Å². The Labute approximate surface area is 119 Å². The highest BCUT2D eigenvalue weighted by Gasteiger charge is 2.04. The van der Waals surface area contributed by atoms with Crippen LogP contribution in [0.5, 0.6) is 0 Å². The summed E-state index contributed by atoms with van der Waals surface area (Å²) in [5, 5.41) is 0.652. The molecule has 0 aliphatic heterocycles. The standard InChI is InChI=1S/C11H18N2O3S.C2H6/c1-8-6-12-11(13-10(8)14)17-5-4-9(2)16-7-15-3;1-2/h6,9H,4-5,7H2,1-3H3,(H,12,13,14);1-2H3. The van der Waals surface area contributed by atoms with Crippen molar-refractivity contribution in [3.05, 3.63) is 22.1 Å². The van der Waals surface area contributed by atoms with Gasteiger partial charge in [0.15, 0.2) is 5.16 Å². The summed E-state index contributed by atoms with van der Waals surface area (Å²) in [4.78, 5) is 18.2. The second kappa shape index (κ2) is 11.0. The van der Waals surface area contributed by atoms with E-state index in [4.69, 9.17) is 9.47 Å². The molecule has 0 aliphatic carbocycles. The summed E-state index contributed by atoms with van der Waals surface area (Å²) in [5.41, 5.74) is 0.553. The third kappa shape index (κ3) is 8.02. The molecule has 0 aliphatic rings. The van der Waals surface area contributed by atoms with Crippen molar-refractivity contribution >= 4 is 11.8 Å². The number of ether oxygens (including phenoxy) is 2. The SMILES string of the molecule is CC.COCOC(C)CCSc1ncc(C)c(=O)[nH]1. The zero-order chi connectivity index (χ0) is 14.7. The maximum absolute atomic E-state index is 11.3. The molecule has 1 atom stereocenters. The first-order valence-corrected chi connectivity index (χ1v) is 7.41. The molecule has 0 saturated heterocycles. The van der Waals surface area contributed by atoms with Crippen LogP contribution in [0.2, 0.25) is 0 Å². The Bertz CT molecular complexity index is 396. The highest BCUT2D eigenvalue weighted by molar-refractivity contribution is 7.99. The minimum Gasteiger partial charge on any atom is -0.359 e. The van der Waals surface area contributed by atoms with E-state index in [9.17, 15) is 4.79 Å². The lowest BCUT2D eigenvalue weighted by Crippen LogP contribution is -2.13. The molecule has 110 valence electrons. The third-order valence-electron chi connectivity index (χ3n) is 2.19. The summed E-state index contributed by atoms with van der Waals surface area (Å²) >= 11 is 1.52. The molecule has 0 aromatic carbocycles. The molecule has 0 amide bonds. The topological polar surface area (TPSA) is 64.2 Å². The number of hydrogen-bond donors (Lipinski definition) is 1. The average Bonchev–Trinajstić information content (AvgIpc) is 2.43. The Kier molecular flexibility index (Phi) is 10.5. The molecule has 6 heteroatoms. The van der Waals surface area contributed by atoms with E-state index in [2.05, 4.69) is 9.97 Å². The summed E-state index contributed by atoms with van der Waals surface area (Å²) in [5.74, 6) is 0.844. The number of aromatic nitrogens is 2. The zero-order valence-electron chi connectivity index (χ0n) is 12.4. The lowest BCUT2D eigenvalue weighted by Gasteiger charge is -2.11. The number of thioether (sulfide) groups is 1. The van der Waals surface area contributed by atoms with E-state index < -0.39 is 0 Å². The van der Waals surface area contributed by atoms with Gasteiger partial charge in [-0.15, -0.1) is 0 Å². The molecule has 1 N–H and O–H groups in total. The Morgan fingerprint density at radius 2 is 2.16 bits per heavy atom. The summed E-state index contributed by atoms with van der Waals surface area (Å²) in [7, 11) is 1.60. The Morgan fingerprint density at radius 1 is 1.47 bits per heavy atom. The molecule has 19 heavy (non-hydrogen) atoms. The van der Waals surface area contributed by atoms with E-state index in [1.54, 1.807) is 20.2 Å². The van der Waals surface area contributed by atoms with Crippen LogP contribution in [0.1, 0.15) is 32.8 Å². The summed E-state index contributed by atoms with van der Waals surface area (Å²) in [6, 6.07) is 0. The maximum atomic E-state index is 11.3. The first kappa shape index (κ1) is 18.1. The summed E-state index contributed by atoms with van der Waals surface area (Å²) in [6.07, 6.45) is 2.61. The van der Waals surface area contributed by atoms with Crippen LogP contribution in [0.3, 0.4) is 0 Å². The van der Waals surface area contributed by atoms with Gasteiger partial charge in [-0.1, -0.05) is 25.6 Å². The van der Waals surface area contributed by atoms with Crippen molar-refractivity contribution in [3.8, 4) is 0 Å². The van der Waals surface area contributed by atoms with Crippen LogP contribution in [0.25, 0.3) is 0 Å². The van der Waals surface area contributed by atoms with Gasteiger partial charge in [-0.05, 0) is 20.3 Å². The lowest BCUT2D eigenvalue weighted by molar-refractivity contribution is -0.0655. The van der Waals surface area contributed by atoms with E-state index in [-0.39, 0.29) is 11.7 Å². The van der Waals surface area contributed by atoms with Gasteiger partial charge in [0, 0.05) is 24.6 Å². The smallest absolute Gasteiger partial charge is 0.254 e. The third-order valence-corrected chi connectivity index (χ3v) is 3.11. The molecule has 1 unspecified atom stereocenters. The fourth-order valence-corrected chi connectivity index (χ4v) is 2.04. The van der Waals surface area contributed by atoms with Crippen molar-refractivity contribution in [2.45, 2.75) is 45.4 Å². The lowest BCUT2D eigenvalue weighted by atomic mass is 10.3. The predicted octanol–water partition coefficient (Wildman–Crippen LogP) is 2.60. The van der Waals surface area contributed by atoms with Gasteiger partial charge in [-0.25, -0.2) is 4.98 Å². The van der Waals surface area contributed by atoms with Crippen LogP contribution in [0, 0.1) is 6.92 Å². The Hall–Kier alpha value is -0.850. The van der Waals surface area contributed by atoms with Crippen LogP contribution in [-0.4, -0.2) is 35.7 Å². The van der Waals surface area contributed by atoms with E-state index >= 15 is 0 Å². The zero-order valence-corrected chi connectivity index (χ0v) is 13.2. The highest BCUT2D eigenvalue weighted by atomic mass is 32.2. The van der Waals surface area contributed by atoms with Gasteiger partial charge in [-0.3, -0.25) is 4.79 Å². The number of methoxy groups -OCH3 is 1. The number of aromatic amines is 1. The first-order chi connectivity index (χ1) is 9.13. The van der Waals surface area contributed by atoms with Crippen molar-refractivity contribution in [2.24, 2.45) is 0 Å². The van der Waals surface area contributed by atoms with Crippen LogP contribution < -0.4 is 5.56 Å². The molecule has 0 fully saturated rings. The minimum atomic E-state index is -0.0776. The first-order valence-electron chi connectivity index (χ1n) is 6.42. The molecule has 1 aromatic rings. The largest absolute Gasteiger partial charge is 0.359 e. The van der Waals surface area contributed by atoms with Gasteiger partial charge < -0.3 is 14.5 Å². The van der Waals surface area contributed by atoms with Gasteiger partial charge in [-0.2, -0.15) is 0 Å². The van der Waals surface area contributed by atoms with Crippen LogP contribution in [0.15, 0.2) is 16.1 Å². The normalized spacial score (nSPS) is 11.6. The van der Waals surface area contributed by atoms with E-state index in [0.29, 0.717) is 17.5 Å². The van der Waals surface area contributed by atoms with Crippen LogP contribution >= 0.6 is 11.8 Å².